The Morgan fingerprint density at radius 1 is 0.917 bits per heavy atom. The summed E-state index contributed by atoms with van der Waals surface area (Å²) >= 11 is 0. The molecule has 12 heteroatoms. The Hall–Kier alpha value is -3.18. The molecule has 3 aliphatic rings. The van der Waals surface area contributed by atoms with E-state index in [1.54, 1.807) is 36.4 Å². The molecule has 1 saturated carbocycles. The Morgan fingerprint density at radius 2 is 1.50 bits per heavy atom. The Balaban J connectivity index is 1.38. The Labute approximate surface area is 208 Å². The zero-order valence-electron chi connectivity index (χ0n) is 19.6. The van der Waals surface area contributed by atoms with Crippen molar-refractivity contribution < 1.29 is 38.8 Å². The average molecular weight is 492 g/mol. The van der Waals surface area contributed by atoms with Gasteiger partial charge < -0.3 is 34.7 Å². The van der Waals surface area contributed by atoms with Gasteiger partial charge in [0, 0.05) is 17.2 Å². The first-order chi connectivity index (χ1) is 17.3. The van der Waals surface area contributed by atoms with Crippen LogP contribution in [0.4, 0.5) is 0 Å². The molecule has 4 N–H and O–H groups in total. The van der Waals surface area contributed by atoms with Gasteiger partial charge in [0.05, 0.1) is 19.3 Å². The summed E-state index contributed by atoms with van der Waals surface area (Å²) in [4.78, 5) is 39.7. The first-order valence-electron chi connectivity index (χ1n) is 12.0. The second kappa shape index (κ2) is 10.1. The number of aliphatic carboxylic acids is 1. The van der Waals surface area contributed by atoms with Crippen LogP contribution < -0.4 is 16.2 Å². The second-order valence-corrected chi connectivity index (χ2v) is 9.41. The summed E-state index contributed by atoms with van der Waals surface area (Å²) in [6.45, 7) is 0.00196. The minimum atomic E-state index is -1.16. The minimum absolute atomic E-state index is 0.242. The molecule has 10 nitrogen and oxygen atoms in total. The lowest BCUT2D eigenvalue weighted by Crippen LogP contribution is -2.56. The smallest absolute Gasteiger partial charge is 0.480 e. The predicted molar refractivity (Wildman–Crippen MR) is 130 cm³/mol. The van der Waals surface area contributed by atoms with E-state index in [9.17, 15) is 29.5 Å². The van der Waals surface area contributed by atoms with Crippen LogP contribution in [0.5, 0.6) is 0 Å². The van der Waals surface area contributed by atoms with Gasteiger partial charge in [-0.25, -0.2) is 0 Å². The highest BCUT2D eigenvalue weighted by molar-refractivity contribution is 6.62. The molecule has 1 fully saturated rings. The summed E-state index contributed by atoms with van der Waals surface area (Å²) < 4.78 is 10.4. The van der Waals surface area contributed by atoms with Gasteiger partial charge in [0.1, 0.15) is 6.54 Å². The van der Waals surface area contributed by atoms with Crippen molar-refractivity contribution in [3.05, 3.63) is 58.7 Å². The van der Waals surface area contributed by atoms with E-state index < -0.39 is 44.7 Å². The van der Waals surface area contributed by atoms with E-state index in [1.165, 1.54) is 4.90 Å². The predicted octanol–water partition coefficient (Wildman–Crippen LogP) is -0.610. The molecule has 2 aliphatic heterocycles. The van der Waals surface area contributed by atoms with Crippen LogP contribution in [0.2, 0.25) is 0 Å². The first kappa shape index (κ1) is 24.5. The number of benzene rings is 2. The molecule has 2 aromatic rings. The van der Waals surface area contributed by atoms with Crippen molar-refractivity contribution in [2.45, 2.75) is 51.0 Å². The molecule has 2 atom stereocenters. The zero-order valence-corrected chi connectivity index (χ0v) is 19.6. The van der Waals surface area contributed by atoms with Crippen LogP contribution in [0, 0.1) is 0 Å². The molecule has 0 aromatic heterocycles. The lowest BCUT2D eigenvalue weighted by Gasteiger charge is -2.39. The topological polar surface area (TPSA) is 146 Å². The molecular weight excluding hydrogens is 466 g/mol. The van der Waals surface area contributed by atoms with Gasteiger partial charge in [0.15, 0.2) is 0 Å². The number of amides is 2. The van der Waals surface area contributed by atoms with Crippen LogP contribution in [0.15, 0.2) is 36.4 Å². The van der Waals surface area contributed by atoms with Crippen molar-refractivity contribution >= 4 is 42.9 Å². The van der Waals surface area contributed by atoms with Gasteiger partial charge in [-0.2, -0.15) is 0 Å². The Morgan fingerprint density at radius 3 is 2.14 bits per heavy atom. The minimum Gasteiger partial charge on any atom is -0.480 e. The maximum absolute atomic E-state index is 13.5. The number of hydrogen-bond donors (Lipinski definition) is 4. The zero-order chi connectivity index (χ0) is 25.4. The molecule has 186 valence electrons. The number of fused-ring (bicyclic) bond motifs is 2. The van der Waals surface area contributed by atoms with Crippen molar-refractivity contribution in [3.8, 4) is 0 Å². The molecule has 0 radical (unpaired) electrons. The highest BCUT2D eigenvalue weighted by atomic mass is 16.5. The number of nitrogens with one attached hydrogen (secondary N) is 1. The molecule has 1 aliphatic carbocycles. The number of carboxylic acids is 1. The van der Waals surface area contributed by atoms with E-state index in [0.717, 1.165) is 24.0 Å². The summed E-state index contributed by atoms with van der Waals surface area (Å²) in [6, 6.07) is 8.86. The molecule has 2 heterocycles. The van der Waals surface area contributed by atoms with E-state index in [2.05, 4.69) is 5.32 Å². The quantitative estimate of drug-likeness (QED) is 0.391. The fraction of sp³-hybridized carbons (Fsp3) is 0.375. The van der Waals surface area contributed by atoms with Crippen LogP contribution >= 0.6 is 0 Å². The highest BCUT2D eigenvalue weighted by Gasteiger charge is 2.37. The average Bonchev–Trinajstić information content (AvgIpc) is 3.44. The van der Waals surface area contributed by atoms with Crippen LogP contribution in [-0.4, -0.2) is 70.7 Å². The van der Waals surface area contributed by atoms with E-state index in [0.29, 0.717) is 29.3 Å². The van der Waals surface area contributed by atoms with Crippen LogP contribution in [-0.2, 0) is 27.3 Å². The second-order valence-electron chi connectivity index (χ2n) is 9.41. The van der Waals surface area contributed by atoms with Crippen molar-refractivity contribution in [3.63, 3.8) is 0 Å². The number of carbonyl (C=O) groups is 3. The molecule has 2 amide bonds. The number of rotatable bonds is 6. The molecule has 5 rings (SSSR count). The molecular formula is C24H26B2N2O8. The summed E-state index contributed by atoms with van der Waals surface area (Å²) in [6.07, 6.45) is 2.75. The summed E-state index contributed by atoms with van der Waals surface area (Å²) in [5.74, 6) is -2.01. The number of carboxylic acid groups (broad SMARTS) is 1. The molecule has 2 aromatic carbocycles. The maximum Gasteiger partial charge on any atom is 0.491 e. The van der Waals surface area contributed by atoms with Gasteiger partial charge in [-0.15, -0.1) is 0 Å². The summed E-state index contributed by atoms with van der Waals surface area (Å²) in [5.41, 5.74) is 3.24. The molecule has 36 heavy (non-hydrogen) atoms. The maximum atomic E-state index is 13.5. The number of hydrogen-bond acceptors (Lipinski definition) is 7. The third kappa shape index (κ3) is 4.77. The molecule has 0 saturated heterocycles. The van der Waals surface area contributed by atoms with Crippen LogP contribution in [0.3, 0.4) is 0 Å². The monoisotopic (exact) mass is 492 g/mol. The fourth-order valence-corrected chi connectivity index (χ4v) is 5.26. The van der Waals surface area contributed by atoms with Gasteiger partial charge in [-0.1, -0.05) is 25.0 Å². The van der Waals surface area contributed by atoms with Crippen LogP contribution in [0.25, 0.3) is 0 Å². The molecule has 2 unspecified atom stereocenters. The summed E-state index contributed by atoms with van der Waals surface area (Å²) in [5, 5.41) is 32.6. The van der Waals surface area contributed by atoms with Crippen molar-refractivity contribution in [1.29, 1.82) is 0 Å². The Kier molecular flexibility index (Phi) is 6.85. The van der Waals surface area contributed by atoms with E-state index in [4.69, 9.17) is 9.31 Å². The number of nitrogens with zero attached hydrogens (tertiary/aromatic N) is 1. The van der Waals surface area contributed by atoms with E-state index in [1.807, 2.05) is 0 Å². The lowest BCUT2D eigenvalue weighted by molar-refractivity contribution is -0.138. The largest absolute Gasteiger partial charge is 0.491 e. The lowest BCUT2D eigenvalue weighted by atomic mass is 9.78. The van der Waals surface area contributed by atoms with Gasteiger partial charge in [-0.3, -0.25) is 14.4 Å². The normalized spacial score (nSPS) is 20.6. The third-order valence-corrected chi connectivity index (χ3v) is 7.14. The van der Waals surface area contributed by atoms with Crippen molar-refractivity contribution in [2.24, 2.45) is 0 Å². The van der Waals surface area contributed by atoms with Gasteiger partial charge in [-0.05, 0) is 59.2 Å². The molecule has 0 bridgehead atoms. The van der Waals surface area contributed by atoms with Crippen molar-refractivity contribution in [2.75, 3.05) is 6.54 Å². The summed E-state index contributed by atoms with van der Waals surface area (Å²) in [7, 11) is -2.20. The van der Waals surface area contributed by atoms with E-state index >= 15 is 0 Å². The van der Waals surface area contributed by atoms with Crippen LogP contribution in [0.1, 0.15) is 57.5 Å². The third-order valence-electron chi connectivity index (χ3n) is 7.14. The number of carbonyl (C=O) groups excluding carboxylic acids is 2. The highest BCUT2D eigenvalue weighted by Crippen LogP contribution is 2.26. The Bertz CT molecular complexity index is 1210. The van der Waals surface area contributed by atoms with Gasteiger partial charge in [0.2, 0.25) is 0 Å². The van der Waals surface area contributed by atoms with Gasteiger partial charge >= 0.3 is 20.2 Å². The fourth-order valence-electron chi connectivity index (χ4n) is 5.26. The molecule has 0 spiro atoms. The standard InChI is InChI=1S/C24H26B2N2O8/c29-22(30)11-28(24(32)15-6-8-17-13-36-26(34)19(17)10-15)21-4-2-1-3-20(21)27-23(31)14-5-7-16-12-35-25(33)18(16)9-14/h5-10,20-21,33-34H,1-4,11-13H2,(H,27,31)(H,29,30). The van der Waals surface area contributed by atoms with Gasteiger partial charge in [0.25, 0.3) is 11.8 Å². The van der Waals surface area contributed by atoms with E-state index in [-0.39, 0.29) is 24.7 Å². The van der Waals surface area contributed by atoms with Crippen molar-refractivity contribution in [1.82, 2.24) is 10.2 Å². The first-order valence-corrected chi connectivity index (χ1v) is 12.0. The SMILES string of the molecule is O=C(O)CN(C(=O)c1ccc2c(c1)B(O)OC2)C1CCCCC1NC(=O)c1ccc2c(c1)B(O)OC2.